The maximum Gasteiger partial charge on any atom is 0.249 e. The van der Waals surface area contributed by atoms with Gasteiger partial charge in [0.25, 0.3) is 0 Å². The molecule has 0 bridgehead atoms. The van der Waals surface area contributed by atoms with Crippen LogP contribution < -0.4 is 5.32 Å². The SMILES string of the molecule is CC(C)(COCc1ccccc1)NC(=O)C1CCCO1. The molecule has 1 aromatic carbocycles. The molecule has 1 aliphatic rings. The number of hydrogen-bond acceptors (Lipinski definition) is 3. The predicted molar refractivity (Wildman–Crippen MR) is 77.3 cm³/mol. The van der Waals surface area contributed by atoms with E-state index in [4.69, 9.17) is 9.47 Å². The zero-order valence-corrected chi connectivity index (χ0v) is 12.2. The van der Waals surface area contributed by atoms with E-state index >= 15 is 0 Å². The maximum atomic E-state index is 12.0. The topological polar surface area (TPSA) is 47.6 Å². The highest BCUT2D eigenvalue weighted by atomic mass is 16.5. The van der Waals surface area contributed by atoms with Crippen molar-refractivity contribution in [2.45, 2.75) is 44.9 Å². The maximum absolute atomic E-state index is 12.0. The van der Waals surface area contributed by atoms with E-state index in [2.05, 4.69) is 5.32 Å². The molecular formula is C16H23NO3. The Balaban J connectivity index is 1.74. The highest BCUT2D eigenvalue weighted by Gasteiger charge is 2.28. The molecule has 1 heterocycles. The summed E-state index contributed by atoms with van der Waals surface area (Å²) in [6.07, 6.45) is 1.49. The molecule has 0 aliphatic carbocycles. The number of carbonyl (C=O) groups is 1. The van der Waals surface area contributed by atoms with Crippen molar-refractivity contribution in [2.75, 3.05) is 13.2 Å². The van der Waals surface area contributed by atoms with Crippen LogP contribution >= 0.6 is 0 Å². The van der Waals surface area contributed by atoms with Gasteiger partial charge in [-0.2, -0.15) is 0 Å². The summed E-state index contributed by atoms with van der Waals surface area (Å²) in [6, 6.07) is 10.0. The summed E-state index contributed by atoms with van der Waals surface area (Å²) < 4.78 is 11.1. The molecule has 0 radical (unpaired) electrons. The Bertz CT molecular complexity index is 425. The van der Waals surface area contributed by atoms with Crippen LogP contribution in [-0.4, -0.2) is 30.8 Å². The van der Waals surface area contributed by atoms with E-state index in [1.807, 2.05) is 44.2 Å². The first-order chi connectivity index (χ1) is 9.57. The predicted octanol–water partition coefficient (Wildman–Crippen LogP) is 2.28. The Morgan fingerprint density at radius 1 is 1.40 bits per heavy atom. The van der Waals surface area contributed by atoms with Crippen molar-refractivity contribution in [3.05, 3.63) is 35.9 Å². The van der Waals surface area contributed by atoms with Gasteiger partial charge in [0.2, 0.25) is 5.91 Å². The molecule has 4 nitrogen and oxygen atoms in total. The molecule has 0 spiro atoms. The number of amides is 1. The summed E-state index contributed by atoms with van der Waals surface area (Å²) in [6.45, 7) is 5.64. The quantitative estimate of drug-likeness (QED) is 0.867. The van der Waals surface area contributed by atoms with E-state index in [0.717, 1.165) is 18.4 Å². The van der Waals surface area contributed by atoms with Gasteiger partial charge in [0, 0.05) is 6.61 Å². The number of benzene rings is 1. The van der Waals surface area contributed by atoms with E-state index in [1.54, 1.807) is 0 Å². The van der Waals surface area contributed by atoms with Gasteiger partial charge in [-0.3, -0.25) is 4.79 Å². The second kappa shape index (κ2) is 6.86. The first kappa shape index (κ1) is 15.0. The fraction of sp³-hybridized carbons (Fsp3) is 0.562. The van der Waals surface area contributed by atoms with Crippen LogP contribution in [0.2, 0.25) is 0 Å². The molecule has 2 rings (SSSR count). The van der Waals surface area contributed by atoms with Gasteiger partial charge in [-0.05, 0) is 32.3 Å². The molecule has 1 atom stereocenters. The fourth-order valence-electron chi connectivity index (χ4n) is 2.23. The Hall–Kier alpha value is -1.39. The Labute approximate surface area is 120 Å². The minimum absolute atomic E-state index is 0.0317. The molecule has 1 amide bonds. The standard InChI is InChI=1S/C16H23NO3/c1-16(2,17-15(18)14-9-6-10-20-14)12-19-11-13-7-4-3-5-8-13/h3-5,7-8,14H,6,9-12H2,1-2H3,(H,17,18). The van der Waals surface area contributed by atoms with E-state index < -0.39 is 5.54 Å². The molecule has 110 valence electrons. The molecule has 0 saturated carbocycles. The largest absolute Gasteiger partial charge is 0.374 e. The molecular weight excluding hydrogens is 254 g/mol. The van der Waals surface area contributed by atoms with Crippen LogP contribution in [0, 0.1) is 0 Å². The van der Waals surface area contributed by atoms with Gasteiger partial charge in [0.1, 0.15) is 6.10 Å². The van der Waals surface area contributed by atoms with Crippen molar-refractivity contribution in [1.82, 2.24) is 5.32 Å². The molecule has 1 fully saturated rings. The summed E-state index contributed by atoms with van der Waals surface area (Å²) in [5.41, 5.74) is 0.742. The first-order valence-corrected chi connectivity index (χ1v) is 7.12. The molecule has 1 unspecified atom stereocenters. The number of ether oxygens (including phenoxy) is 2. The lowest BCUT2D eigenvalue weighted by Crippen LogP contribution is -2.50. The van der Waals surface area contributed by atoms with Crippen LogP contribution in [0.3, 0.4) is 0 Å². The number of rotatable bonds is 6. The van der Waals surface area contributed by atoms with Crippen molar-refractivity contribution < 1.29 is 14.3 Å². The van der Waals surface area contributed by atoms with Crippen LogP contribution in [0.25, 0.3) is 0 Å². The summed E-state index contributed by atoms with van der Waals surface area (Å²) in [7, 11) is 0. The number of hydrogen-bond donors (Lipinski definition) is 1. The fourth-order valence-corrected chi connectivity index (χ4v) is 2.23. The molecule has 0 aromatic heterocycles. The summed E-state index contributed by atoms with van der Waals surface area (Å²) in [4.78, 5) is 12.0. The first-order valence-electron chi connectivity index (χ1n) is 7.12. The minimum Gasteiger partial charge on any atom is -0.374 e. The summed E-state index contributed by atoms with van der Waals surface area (Å²) >= 11 is 0. The highest BCUT2D eigenvalue weighted by Crippen LogP contribution is 2.14. The van der Waals surface area contributed by atoms with Crippen molar-refractivity contribution in [3.63, 3.8) is 0 Å². The average Bonchev–Trinajstić information content (AvgIpc) is 2.93. The zero-order chi connectivity index (χ0) is 14.4. The Kier molecular flexibility index (Phi) is 5.15. The smallest absolute Gasteiger partial charge is 0.249 e. The third-order valence-corrected chi connectivity index (χ3v) is 3.26. The van der Waals surface area contributed by atoms with E-state index in [-0.39, 0.29) is 12.0 Å². The second-order valence-corrected chi connectivity index (χ2v) is 5.85. The molecule has 1 aromatic rings. The highest BCUT2D eigenvalue weighted by molar-refractivity contribution is 5.81. The normalized spacial score (nSPS) is 19.0. The van der Waals surface area contributed by atoms with Gasteiger partial charge in [0.05, 0.1) is 18.8 Å². The van der Waals surface area contributed by atoms with Gasteiger partial charge in [-0.25, -0.2) is 0 Å². The van der Waals surface area contributed by atoms with Crippen molar-refractivity contribution in [2.24, 2.45) is 0 Å². The van der Waals surface area contributed by atoms with Crippen LogP contribution in [0.5, 0.6) is 0 Å². The minimum atomic E-state index is -0.391. The van der Waals surface area contributed by atoms with Crippen LogP contribution in [0.1, 0.15) is 32.3 Å². The van der Waals surface area contributed by atoms with Crippen molar-refractivity contribution >= 4 is 5.91 Å². The number of nitrogens with one attached hydrogen (secondary N) is 1. The second-order valence-electron chi connectivity index (χ2n) is 5.85. The summed E-state index contributed by atoms with van der Waals surface area (Å²) in [5.74, 6) is -0.0317. The van der Waals surface area contributed by atoms with E-state index in [0.29, 0.717) is 19.8 Å². The van der Waals surface area contributed by atoms with Crippen molar-refractivity contribution in [3.8, 4) is 0 Å². The van der Waals surface area contributed by atoms with Gasteiger partial charge in [-0.1, -0.05) is 30.3 Å². The Morgan fingerprint density at radius 2 is 2.15 bits per heavy atom. The van der Waals surface area contributed by atoms with Crippen LogP contribution in [0.15, 0.2) is 30.3 Å². The third kappa shape index (κ3) is 4.62. The van der Waals surface area contributed by atoms with Gasteiger partial charge < -0.3 is 14.8 Å². The van der Waals surface area contributed by atoms with Crippen LogP contribution in [0.4, 0.5) is 0 Å². The lowest BCUT2D eigenvalue weighted by Gasteiger charge is -2.27. The lowest BCUT2D eigenvalue weighted by atomic mass is 10.1. The number of carbonyl (C=O) groups excluding carboxylic acids is 1. The third-order valence-electron chi connectivity index (χ3n) is 3.26. The lowest BCUT2D eigenvalue weighted by molar-refractivity contribution is -0.132. The molecule has 20 heavy (non-hydrogen) atoms. The monoisotopic (exact) mass is 277 g/mol. The van der Waals surface area contributed by atoms with E-state index in [1.165, 1.54) is 0 Å². The molecule has 1 saturated heterocycles. The summed E-state index contributed by atoms with van der Waals surface area (Å²) in [5, 5.41) is 3.00. The Morgan fingerprint density at radius 3 is 2.80 bits per heavy atom. The van der Waals surface area contributed by atoms with Gasteiger partial charge in [-0.15, -0.1) is 0 Å². The van der Waals surface area contributed by atoms with E-state index in [9.17, 15) is 4.79 Å². The van der Waals surface area contributed by atoms with Gasteiger partial charge in [0.15, 0.2) is 0 Å². The molecule has 1 aliphatic heterocycles. The van der Waals surface area contributed by atoms with Gasteiger partial charge >= 0.3 is 0 Å². The van der Waals surface area contributed by atoms with Crippen molar-refractivity contribution in [1.29, 1.82) is 0 Å². The molecule has 4 heteroatoms. The molecule has 1 N–H and O–H groups in total. The average molecular weight is 277 g/mol. The van der Waals surface area contributed by atoms with Crippen LogP contribution in [-0.2, 0) is 20.9 Å². The zero-order valence-electron chi connectivity index (χ0n) is 12.2.